The number of carbonyl (C=O) groups excluding carboxylic acids is 1. The summed E-state index contributed by atoms with van der Waals surface area (Å²) < 4.78 is 7.63. The zero-order valence-electron chi connectivity index (χ0n) is 19.4. The van der Waals surface area contributed by atoms with Crippen LogP contribution in [0, 0.1) is 13.8 Å². The number of anilines is 1. The lowest BCUT2D eigenvalue weighted by atomic mass is 10.2. The van der Waals surface area contributed by atoms with Gasteiger partial charge in [0.2, 0.25) is 0 Å². The topological polar surface area (TPSA) is 86.1 Å². The summed E-state index contributed by atoms with van der Waals surface area (Å²) in [5.41, 5.74) is 4.81. The summed E-state index contributed by atoms with van der Waals surface area (Å²) in [6, 6.07) is 22.3. The first kappa shape index (κ1) is 22.5. The summed E-state index contributed by atoms with van der Waals surface area (Å²) in [6.45, 7) is 3.94. The van der Waals surface area contributed by atoms with Crippen molar-refractivity contribution in [1.82, 2.24) is 14.8 Å². The van der Waals surface area contributed by atoms with E-state index in [1.807, 2.05) is 55.5 Å². The molecule has 2 heterocycles. The average Bonchev–Trinajstić information content (AvgIpc) is 3.28. The maximum Gasteiger partial charge on any atom is 0.279 e. The van der Waals surface area contributed by atoms with Gasteiger partial charge in [0.1, 0.15) is 5.01 Å². The van der Waals surface area contributed by atoms with Gasteiger partial charge in [0, 0.05) is 11.3 Å². The van der Waals surface area contributed by atoms with Crippen LogP contribution in [0.25, 0.3) is 26.5 Å². The van der Waals surface area contributed by atoms with E-state index in [1.54, 1.807) is 17.4 Å². The monoisotopic (exact) mass is 482 g/mol. The van der Waals surface area contributed by atoms with E-state index >= 15 is 0 Å². The van der Waals surface area contributed by atoms with Crippen molar-refractivity contribution in [3.8, 4) is 22.0 Å². The molecule has 0 radical (unpaired) electrons. The van der Waals surface area contributed by atoms with E-state index in [2.05, 4.69) is 29.5 Å². The van der Waals surface area contributed by atoms with Crippen molar-refractivity contribution in [2.45, 2.75) is 13.8 Å². The van der Waals surface area contributed by atoms with E-state index in [0.29, 0.717) is 11.4 Å². The van der Waals surface area contributed by atoms with Crippen LogP contribution in [0.1, 0.15) is 21.6 Å². The van der Waals surface area contributed by atoms with Gasteiger partial charge in [-0.25, -0.2) is 4.98 Å². The van der Waals surface area contributed by atoms with Gasteiger partial charge in [-0.2, -0.15) is 9.78 Å². The van der Waals surface area contributed by atoms with Crippen LogP contribution in [0.5, 0.6) is 5.75 Å². The number of amides is 1. The fourth-order valence-corrected chi connectivity index (χ4v) is 4.84. The van der Waals surface area contributed by atoms with Crippen LogP contribution in [0.2, 0.25) is 0 Å². The van der Waals surface area contributed by atoms with Crippen LogP contribution >= 0.6 is 11.3 Å². The highest BCUT2D eigenvalue weighted by atomic mass is 32.1. The van der Waals surface area contributed by atoms with Crippen molar-refractivity contribution < 1.29 is 9.53 Å². The molecule has 0 aliphatic heterocycles. The first-order valence-corrected chi connectivity index (χ1v) is 11.8. The zero-order valence-corrected chi connectivity index (χ0v) is 20.2. The number of aryl methyl sites for hydroxylation is 2. The Balaban J connectivity index is 1.42. The molecule has 8 heteroatoms. The number of nitrogens with one attached hydrogen (secondary N) is 1. The second-order valence-corrected chi connectivity index (χ2v) is 9.15. The molecule has 2 aromatic heterocycles. The lowest BCUT2D eigenvalue weighted by molar-refractivity contribution is 0.101. The summed E-state index contributed by atoms with van der Waals surface area (Å²) in [4.78, 5) is 30.4. The average molecular weight is 483 g/mol. The molecular formula is C27H22N4O3S. The molecule has 0 saturated heterocycles. The number of para-hydroxylation sites is 1. The fraction of sp³-hybridized carbons (Fsp3) is 0.111. The Morgan fingerprint density at radius 1 is 1.00 bits per heavy atom. The minimum atomic E-state index is -0.479. The van der Waals surface area contributed by atoms with Crippen molar-refractivity contribution in [3.63, 3.8) is 0 Å². The Kier molecular flexibility index (Phi) is 5.88. The number of nitrogens with zero attached hydrogens (tertiary/aromatic N) is 3. The Labute approximate surface area is 205 Å². The van der Waals surface area contributed by atoms with Gasteiger partial charge >= 0.3 is 0 Å². The van der Waals surface area contributed by atoms with Crippen molar-refractivity contribution in [2.75, 3.05) is 12.4 Å². The standard InChI is InChI=1S/C27H22N4O3S/c1-16-8-13-20-23(14-16)35-27(29-20)18-9-11-19(12-10-18)28-26(33)25-22(34-3)15-24(32)31(30-25)21-7-5-4-6-17(21)2/h4-15H,1-3H3,(H,28,33). The fourth-order valence-electron chi connectivity index (χ4n) is 3.77. The molecule has 7 nitrogen and oxygen atoms in total. The van der Waals surface area contributed by atoms with Crippen molar-refractivity contribution >= 4 is 33.1 Å². The van der Waals surface area contributed by atoms with E-state index in [1.165, 1.54) is 23.4 Å². The molecule has 0 saturated carbocycles. The second-order valence-electron chi connectivity index (χ2n) is 8.12. The Bertz CT molecular complexity index is 1620. The number of hydrogen-bond acceptors (Lipinski definition) is 6. The third kappa shape index (κ3) is 4.43. The van der Waals surface area contributed by atoms with Crippen LogP contribution in [0.3, 0.4) is 0 Å². The van der Waals surface area contributed by atoms with Gasteiger partial charge in [-0.1, -0.05) is 24.3 Å². The molecule has 0 fully saturated rings. The van der Waals surface area contributed by atoms with E-state index in [9.17, 15) is 9.59 Å². The first-order chi connectivity index (χ1) is 16.9. The SMILES string of the molecule is COc1cc(=O)n(-c2ccccc2C)nc1C(=O)Nc1ccc(-c2nc3ccc(C)cc3s2)cc1. The van der Waals surface area contributed by atoms with Crippen molar-refractivity contribution in [3.05, 3.63) is 100.0 Å². The predicted molar refractivity (Wildman–Crippen MR) is 139 cm³/mol. The highest BCUT2D eigenvalue weighted by Gasteiger charge is 2.19. The molecule has 174 valence electrons. The molecule has 1 amide bonds. The van der Waals surface area contributed by atoms with E-state index in [0.717, 1.165) is 26.4 Å². The van der Waals surface area contributed by atoms with Gasteiger partial charge in [-0.3, -0.25) is 9.59 Å². The summed E-state index contributed by atoms with van der Waals surface area (Å²) in [5.74, 6) is -0.369. The molecule has 0 atom stereocenters. The van der Waals surface area contributed by atoms with Gasteiger partial charge in [-0.15, -0.1) is 11.3 Å². The van der Waals surface area contributed by atoms with Gasteiger partial charge in [0.25, 0.3) is 11.5 Å². The lowest BCUT2D eigenvalue weighted by Gasteiger charge is -2.13. The highest BCUT2D eigenvalue weighted by Crippen LogP contribution is 2.31. The zero-order chi connectivity index (χ0) is 24.5. The summed E-state index contributed by atoms with van der Waals surface area (Å²) in [5, 5.41) is 8.08. The van der Waals surface area contributed by atoms with Crippen molar-refractivity contribution in [2.24, 2.45) is 0 Å². The Morgan fingerprint density at radius 2 is 1.77 bits per heavy atom. The normalized spacial score (nSPS) is 10.9. The summed E-state index contributed by atoms with van der Waals surface area (Å²) in [6.07, 6.45) is 0. The number of fused-ring (bicyclic) bond motifs is 1. The van der Waals surface area contributed by atoms with Crippen LogP contribution in [-0.4, -0.2) is 27.8 Å². The summed E-state index contributed by atoms with van der Waals surface area (Å²) in [7, 11) is 1.40. The third-order valence-electron chi connectivity index (χ3n) is 5.61. The molecule has 0 aliphatic rings. The molecule has 0 bridgehead atoms. The summed E-state index contributed by atoms with van der Waals surface area (Å²) >= 11 is 1.63. The number of carbonyl (C=O) groups is 1. The van der Waals surface area contributed by atoms with Gasteiger partial charge in [-0.05, 0) is 67.4 Å². The van der Waals surface area contributed by atoms with E-state index in [-0.39, 0.29) is 17.0 Å². The molecule has 35 heavy (non-hydrogen) atoms. The minimum absolute atomic E-state index is 0.0148. The number of methoxy groups -OCH3 is 1. The van der Waals surface area contributed by atoms with E-state index < -0.39 is 5.91 Å². The van der Waals surface area contributed by atoms with Crippen LogP contribution in [0.15, 0.2) is 77.6 Å². The molecule has 0 spiro atoms. The highest BCUT2D eigenvalue weighted by molar-refractivity contribution is 7.21. The Hall–Kier alpha value is -4.30. The number of aromatic nitrogens is 3. The molecule has 5 rings (SSSR count). The van der Waals surface area contributed by atoms with Crippen LogP contribution < -0.4 is 15.6 Å². The number of hydrogen-bond donors (Lipinski definition) is 1. The van der Waals surface area contributed by atoms with E-state index in [4.69, 9.17) is 9.72 Å². The minimum Gasteiger partial charge on any atom is -0.494 e. The second kappa shape index (κ2) is 9.15. The predicted octanol–water partition coefficient (Wildman–Crippen LogP) is 5.39. The molecule has 1 N–H and O–H groups in total. The van der Waals surface area contributed by atoms with Gasteiger partial charge in [0.15, 0.2) is 11.4 Å². The maximum absolute atomic E-state index is 13.1. The first-order valence-electron chi connectivity index (χ1n) is 11.0. The quantitative estimate of drug-likeness (QED) is 0.363. The Morgan fingerprint density at radius 3 is 2.51 bits per heavy atom. The van der Waals surface area contributed by atoms with Crippen LogP contribution in [0.4, 0.5) is 5.69 Å². The number of ether oxygens (including phenoxy) is 1. The smallest absolute Gasteiger partial charge is 0.279 e. The van der Waals surface area contributed by atoms with Crippen LogP contribution in [-0.2, 0) is 0 Å². The molecular weight excluding hydrogens is 460 g/mol. The third-order valence-corrected chi connectivity index (χ3v) is 6.68. The largest absolute Gasteiger partial charge is 0.494 e. The molecule has 0 aliphatic carbocycles. The van der Waals surface area contributed by atoms with Gasteiger partial charge in [0.05, 0.1) is 29.1 Å². The molecule has 5 aromatic rings. The maximum atomic E-state index is 13.1. The molecule has 3 aromatic carbocycles. The number of benzene rings is 3. The van der Waals surface area contributed by atoms with Gasteiger partial charge < -0.3 is 10.1 Å². The molecule has 0 unspecified atom stereocenters. The lowest BCUT2D eigenvalue weighted by Crippen LogP contribution is -2.26. The van der Waals surface area contributed by atoms with Crippen molar-refractivity contribution in [1.29, 1.82) is 0 Å². The number of thiazole rings is 1. The number of rotatable bonds is 5.